The number of aromatic hydroxyl groups is 1. The molecule has 0 atom stereocenters. The second-order valence-electron chi connectivity index (χ2n) is 8.89. The van der Waals surface area contributed by atoms with Crippen LogP contribution in [0.1, 0.15) is 41.6 Å². The molecule has 3 rings (SSSR count). The molecular formula is C25H35N3O6S. The zero-order valence-corrected chi connectivity index (χ0v) is 21.3. The number of benzene rings is 2. The summed E-state index contributed by atoms with van der Waals surface area (Å²) in [6.45, 7) is 0.940. The Morgan fingerprint density at radius 2 is 1.80 bits per heavy atom. The molecule has 3 N–H and O–H groups in total. The number of carbonyl (C=O) groups is 1. The number of ether oxygens (including phenoxy) is 2. The fourth-order valence-corrected chi connectivity index (χ4v) is 5.70. The van der Waals surface area contributed by atoms with Crippen molar-refractivity contribution in [2.24, 2.45) is 0 Å². The minimum absolute atomic E-state index is 0.0961. The number of methoxy groups -OCH3 is 2. The summed E-state index contributed by atoms with van der Waals surface area (Å²) in [5, 5.41) is 13.2. The van der Waals surface area contributed by atoms with E-state index in [-0.39, 0.29) is 29.3 Å². The highest BCUT2D eigenvalue weighted by atomic mass is 32.2. The molecule has 1 saturated carbocycles. The van der Waals surface area contributed by atoms with Gasteiger partial charge in [-0.05, 0) is 43.4 Å². The van der Waals surface area contributed by atoms with Gasteiger partial charge in [-0.25, -0.2) is 0 Å². The van der Waals surface area contributed by atoms with Gasteiger partial charge in [-0.1, -0.05) is 36.4 Å². The van der Waals surface area contributed by atoms with Crippen LogP contribution in [0.5, 0.6) is 11.5 Å². The average Bonchev–Trinajstić information content (AvgIpc) is 2.86. The lowest BCUT2D eigenvalue weighted by atomic mass is 9.68. The highest BCUT2D eigenvalue weighted by Crippen LogP contribution is 2.39. The van der Waals surface area contributed by atoms with Crippen molar-refractivity contribution in [3.05, 3.63) is 59.7 Å². The number of phenolic OH excluding ortho intramolecular Hbond substituents is 1. The van der Waals surface area contributed by atoms with Gasteiger partial charge in [0.15, 0.2) is 0 Å². The lowest BCUT2D eigenvalue weighted by Crippen LogP contribution is -2.50. The van der Waals surface area contributed by atoms with E-state index in [0.717, 1.165) is 5.56 Å². The van der Waals surface area contributed by atoms with E-state index >= 15 is 0 Å². The van der Waals surface area contributed by atoms with Crippen molar-refractivity contribution in [1.82, 2.24) is 14.3 Å². The summed E-state index contributed by atoms with van der Waals surface area (Å²) in [4.78, 5) is 13.0. The molecule has 35 heavy (non-hydrogen) atoms. The standard InChI is InChI=1S/C25H35N3O6S/c1-28(16-17-33-2)35(31,32)27-20-12-14-25(15-13-20,19-8-5-4-6-9-19)18-26-24(30)23-21(29)10-7-11-22(23)34-3/h4-11,20,27,29H,12-18H2,1-3H3,(H,26,30)/t20-,25-. The number of nitrogens with zero attached hydrogens (tertiary/aromatic N) is 1. The van der Waals surface area contributed by atoms with E-state index in [9.17, 15) is 18.3 Å². The maximum atomic E-state index is 13.0. The first-order chi connectivity index (χ1) is 16.7. The van der Waals surface area contributed by atoms with Crippen molar-refractivity contribution in [3.63, 3.8) is 0 Å². The van der Waals surface area contributed by atoms with E-state index in [4.69, 9.17) is 9.47 Å². The minimum atomic E-state index is -3.62. The zero-order chi connectivity index (χ0) is 25.5. The smallest absolute Gasteiger partial charge is 0.279 e. The van der Waals surface area contributed by atoms with Crippen molar-refractivity contribution in [2.75, 3.05) is 41.0 Å². The first-order valence-corrected chi connectivity index (χ1v) is 13.1. The van der Waals surface area contributed by atoms with E-state index in [1.807, 2.05) is 30.3 Å². The summed E-state index contributed by atoms with van der Waals surface area (Å²) < 4.78 is 39.6. The second-order valence-corrected chi connectivity index (χ2v) is 10.7. The van der Waals surface area contributed by atoms with Crippen LogP contribution >= 0.6 is 0 Å². The lowest BCUT2D eigenvalue weighted by molar-refractivity contribution is 0.0929. The van der Waals surface area contributed by atoms with Crippen LogP contribution in [-0.4, -0.2) is 70.7 Å². The van der Waals surface area contributed by atoms with Crippen molar-refractivity contribution in [2.45, 2.75) is 37.1 Å². The lowest BCUT2D eigenvalue weighted by Gasteiger charge is -2.41. The normalized spacial score (nSPS) is 20.5. The third kappa shape index (κ3) is 6.52. The fourth-order valence-electron chi connectivity index (χ4n) is 4.54. The highest BCUT2D eigenvalue weighted by Gasteiger charge is 2.39. The molecule has 10 heteroatoms. The second kappa shape index (κ2) is 11.9. The molecule has 1 aliphatic rings. The Bertz CT molecular complexity index is 1090. The van der Waals surface area contributed by atoms with Crippen LogP contribution in [-0.2, 0) is 20.4 Å². The topological polar surface area (TPSA) is 117 Å². The maximum Gasteiger partial charge on any atom is 0.279 e. The molecule has 0 heterocycles. The Hall–Kier alpha value is -2.66. The number of nitrogens with one attached hydrogen (secondary N) is 2. The number of carbonyl (C=O) groups excluding carboxylic acids is 1. The Morgan fingerprint density at radius 3 is 2.43 bits per heavy atom. The minimum Gasteiger partial charge on any atom is -0.507 e. The van der Waals surface area contributed by atoms with Gasteiger partial charge in [0.2, 0.25) is 0 Å². The summed E-state index contributed by atoms with van der Waals surface area (Å²) in [5.74, 6) is -0.267. The quantitative estimate of drug-likeness (QED) is 0.432. The Labute approximate surface area is 207 Å². The molecule has 0 bridgehead atoms. The molecule has 2 aromatic rings. The SMILES string of the molecule is COCCN(C)S(=O)(=O)N[C@H]1CC[C@](CNC(=O)c2c(O)cccc2OC)(c2ccccc2)CC1. The van der Waals surface area contributed by atoms with E-state index in [1.165, 1.54) is 31.6 Å². The van der Waals surface area contributed by atoms with E-state index in [2.05, 4.69) is 10.0 Å². The summed E-state index contributed by atoms with van der Waals surface area (Å²) in [6.07, 6.45) is 2.62. The first-order valence-electron chi connectivity index (χ1n) is 11.6. The highest BCUT2D eigenvalue weighted by molar-refractivity contribution is 7.87. The maximum absolute atomic E-state index is 13.0. The van der Waals surface area contributed by atoms with Crippen LogP contribution in [0.3, 0.4) is 0 Å². The fraction of sp³-hybridized carbons (Fsp3) is 0.480. The summed E-state index contributed by atoms with van der Waals surface area (Å²) in [7, 11) is 0.897. The summed E-state index contributed by atoms with van der Waals surface area (Å²) in [5.41, 5.74) is 0.820. The van der Waals surface area contributed by atoms with Gasteiger partial charge in [-0.3, -0.25) is 4.79 Å². The number of rotatable bonds is 11. The number of phenols is 1. The summed E-state index contributed by atoms with van der Waals surface area (Å²) >= 11 is 0. The van der Waals surface area contributed by atoms with Gasteiger partial charge in [0.25, 0.3) is 16.1 Å². The van der Waals surface area contributed by atoms with Crippen LogP contribution in [0.2, 0.25) is 0 Å². The molecule has 192 valence electrons. The molecular weight excluding hydrogens is 470 g/mol. The molecule has 0 unspecified atom stereocenters. The number of hydrogen-bond donors (Lipinski definition) is 3. The molecule has 1 amide bonds. The molecule has 0 aromatic heterocycles. The average molecular weight is 506 g/mol. The molecule has 2 aromatic carbocycles. The zero-order valence-electron chi connectivity index (χ0n) is 20.5. The molecule has 0 radical (unpaired) electrons. The van der Waals surface area contributed by atoms with Crippen LogP contribution < -0.4 is 14.8 Å². The Balaban J connectivity index is 1.73. The molecule has 0 aliphatic heterocycles. The third-order valence-corrected chi connectivity index (χ3v) is 8.34. The van der Waals surface area contributed by atoms with Crippen molar-refractivity contribution < 1.29 is 27.8 Å². The van der Waals surface area contributed by atoms with Gasteiger partial charge in [-0.15, -0.1) is 0 Å². The van der Waals surface area contributed by atoms with Gasteiger partial charge in [0.1, 0.15) is 17.1 Å². The molecule has 1 aliphatic carbocycles. The predicted molar refractivity (Wildman–Crippen MR) is 134 cm³/mol. The van der Waals surface area contributed by atoms with Gasteiger partial charge in [0.05, 0.1) is 13.7 Å². The van der Waals surface area contributed by atoms with Crippen LogP contribution in [0.15, 0.2) is 48.5 Å². The van der Waals surface area contributed by atoms with E-state index in [0.29, 0.717) is 44.6 Å². The van der Waals surface area contributed by atoms with Gasteiger partial charge < -0.3 is 19.9 Å². The number of hydrogen-bond acceptors (Lipinski definition) is 6. The third-order valence-electron chi connectivity index (χ3n) is 6.70. The van der Waals surface area contributed by atoms with E-state index in [1.54, 1.807) is 12.1 Å². The van der Waals surface area contributed by atoms with Gasteiger partial charge in [-0.2, -0.15) is 17.4 Å². The van der Waals surface area contributed by atoms with Crippen LogP contribution in [0, 0.1) is 0 Å². The van der Waals surface area contributed by atoms with Crippen LogP contribution in [0.25, 0.3) is 0 Å². The van der Waals surface area contributed by atoms with Crippen molar-refractivity contribution in [3.8, 4) is 11.5 Å². The molecule has 0 spiro atoms. The largest absolute Gasteiger partial charge is 0.507 e. The number of amides is 1. The van der Waals surface area contributed by atoms with Gasteiger partial charge in [0, 0.05) is 38.7 Å². The Kier molecular flexibility index (Phi) is 9.12. The Morgan fingerprint density at radius 1 is 1.11 bits per heavy atom. The van der Waals surface area contributed by atoms with E-state index < -0.39 is 16.1 Å². The molecule has 9 nitrogen and oxygen atoms in total. The monoisotopic (exact) mass is 505 g/mol. The number of likely N-dealkylation sites (N-methyl/N-ethyl adjacent to an activating group) is 1. The summed E-state index contributed by atoms with van der Waals surface area (Å²) in [6, 6.07) is 14.4. The van der Waals surface area contributed by atoms with Crippen molar-refractivity contribution in [1.29, 1.82) is 0 Å². The van der Waals surface area contributed by atoms with Crippen molar-refractivity contribution >= 4 is 16.1 Å². The first kappa shape index (κ1) is 26.9. The molecule has 0 saturated heterocycles. The van der Waals surface area contributed by atoms with Crippen LogP contribution in [0.4, 0.5) is 0 Å². The predicted octanol–water partition coefficient (Wildman–Crippen LogP) is 2.42. The molecule has 1 fully saturated rings. The van der Waals surface area contributed by atoms with Gasteiger partial charge >= 0.3 is 0 Å².